The Morgan fingerprint density at radius 2 is 2.10 bits per heavy atom. The van der Waals surface area contributed by atoms with E-state index in [1.165, 1.54) is 35.0 Å². The first-order chi connectivity index (χ1) is 14.7. The predicted molar refractivity (Wildman–Crippen MR) is 118 cm³/mol. The highest BCUT2D eigenvalue weighted by Crippen LogP contribution is 2.39. The van der Waals surface area contributed by atoms with Crippen molar-refractivity contribution in [2.75, 3.05) is 12.4 Å². The molecule has 0 N–H and O–H groups in total. The van der Waals surface area contributed by atoms with E-state index >= 15 is 0 Å². The van der Waals surface area contributed by atoms with Gasteiger partial charge in [0, 0.05) is 4.88 Å². The Labute approximate surface area is 182 Å². The first-order valence-electron chi connectivity index (χ1n) is 10.5. The zero-order valence-corrected chi connectivity index (χ0v) is 18.8. The SMILES string of the molecule is CCCCCOC(=O)CSc1nnc2n3nc(C)nc3c3c4c(sc3n12)CCCC4. The van der Waals surface area contributed by atoms with Crippen molar-refractivity contribution in [1.82, 2.24) is 29.2 Å². The van der Waals surface area contributed by atoms with Gasteiger partial charge in [-0.1, -0.05) is 31.5 Å². The second-order valence-corrected chi connectivity index (χ2v) is 9.65. The number of thiophene rings is 1. The van der Waals surface area contributed by atoms with Crippen molar-refractivity contribution in [3.05, 3.63) is 16.3 Å². The molecule has 0 radical (unpaired) electrons. The lowest BCUT2D eigenvalue weighted by Crippen LogP contribution is -2.09. The molecule has 4 aromatic heterocycles. The zero-order chi connectivity index (χ0) is 20.7. The minimum Gasteiger partial charge on any atom is -0.465 e. The average molecular weight is 445 g/mol. The van der Waals surface area contributed by atoms with Gasteiger partial charge in [0.15, 0.2) is 10.8 Å². The highest BCUT2D eigenvalue weighted by molar-refractivity contribution is 7.99. The molecule has 8 nitrogen and oxygen atoms in total. The van der Waals surface area contributed by atoms with Crippen molar-refractivity contribution >= 4 is 50.7 Å². The average Bonchev–Trinajstić information content (AvgIpc) is 3.43. The summed E-state index contributed by atoms with van der Waals surface area (Å²) >= 11 is 3.16. The Kier molecular flexibility index (Phi) is 5.36. The molecular weight excluding hydrogens is 420 g/mol. The molecule has 0 spiro atoms. The molecule has 0 bridgehead atoms. The summed E-state index contributed by atoms with van der Waals surface area (Å²) in [7, 11) is 0. The second-order valence-electron chi connectivity index (χ2n) is 7.62. The topological polar surface area (TPSA) is 86.7 Å². The van der Waals surface area contributed by atoms with Crippen LogP contribution in [0.25, 0.3) is 21.6 Å². The smallest absolute Gasteiger partial charge is 0.316 e. The second kappa shape index (κ2) is 8.14. The number of unbranched alkanes of at least 4 members (excludes halogenated alkanes) is 2. The highest BCUT2D eigenvalue weighted by atomic mass is 32.2. The summed E-state index contributed by atoms with van der Waals surface area (Å²) in [5.41, 5.74) is 2.24. The molecule has 5 rings (SSSR count). The van der Waals surface area contributed by atoms with Crippen molar-refractivity contribution in [2.45, 2.75) is 63.9 Å². The number of fused-ring (bicyclic) bond motifs is 8. The van der Waals surface area contributed by atoms with E-state index in [2.05, 4.69) is 22.2 Å². The normalized spacial score (nSPS) is 14.1. The van der Waals surface area contributed by atoms with E-state index in [4.69, 9.17) is 9.72 Å². The first-order valence-corrected chi connectivity index (χ1v) is 12.3. The molecule has 1 aliphatic rings. The van der Waals surface area contributed by atoms with Crippen LogP contribution >= 0.6 is 23.1 Å². The largest absolute Gasteiger partial charge is 0.465 e. The third kappa shape index (κ3) is 3.35. The zero-order valence-electron chi connectivity index (χ0n) is 17.2. The van der Waals surface area contributed by atoms with Crippen LogP contribution in [0.2, 0.25) is 0 Å². The number of aromatic nitrogens is 6. The van der Waals surface area contributed by atoms with Gasteiger partial charge in [-0.05, 0) is 44.6 Å². The number of carbonyl (C=O) groups excluding carboxylic acids is 1. The van der Waals surface area contributed by atoms with Crippen LogP contribution in [0.3, 0.4) is 0 Å². The lowest BCUT2D eigenvalue weighted by molar-refractivity contribution is -0.140. The molecule has 158 valence electrons. The molecule has 0 atom stereocenters. The van der Waals surface area contributed by atoms with E-state index in [9.17, 15) is 4.79 Å². The molecule has 0 saturated heterocycles. The van der Waals surface area contributed by atoms with Gasteiger partial charge in [-0.3, -0.25) is 4.79 Å². The van der Waals surface area contributed by atoms with Crippen LogP contribution in [0.5, 0.6) is 0 Å². The number of hydrogen-bond acceptors (Lipinski definition) is 8. The standard InChI is InChI=1S/C20H24N6O2S2/c1-3-4-7-10-28-15(27)11-29-20-23-22-19-25(20)18-16(17-21-12(2)24-26(17)19)13-8-5-6-9-14(13)30-18/h3-11H2,1-2H3. The maximum atomic E-state index is 12.2. The van der Waals surface area contributed by atoms with Gasteiger partial charge in [0.05, 0.1) is 17.7 Å². The molecule has 0 saturated carbocycles. The van der Waals surface area contributed by atoms with Gasteiger partial charge in [-0.25, -0.2) is 9.38 Å². The van der Waals surface area contributed by atoms with Gasteiger partial charge in [-0.2, -0.15) is 4.52 Å². The number of carbonyl (C=O) groups is 1. The third-order valence-corrected chi connectivity index (χ3v) is 7.61. The predicted octanol–water partition coefficient (Wildman–Crippen LogP) is 4.00. The van der Waals surface area contributed by atoms with Crippen LogP contribution < -0.4 is 0 Å². The fourth-order valence-corrected chi connectivity index (χ4v) is 6.20. The van der Waals surface area contributed by atoms with Crippen molar-refractivity contribution < 1.29 is 9.53 Å². The fourth-order valence-electron chi connectivity index (χ4n) is 4.03. The van der Waals surface area contributed by atoms with Crippen LogP contribution in [0.1, 0.15) is 55.3 Å². The number of esters is 1. The Hall–Kier alpha value is -2.20. The Morgan fingerprint density at radius 3 is 2.97 bits per heavy atom. The van der Waals surface area contributed by atoms with E-state index < -0.39 is 0 Å². The van der Waals surface area contributed by atoms with Gasteiger partial charge < -0.3 is 4.74 Å². The van der Waals surface area contributed by atoms with Crippen molar-refractivity contribution in [1.29, 1.82) is 0 Å². The minimum atomic E-state index is -0.216. The molecular formula is C20H24N6O2S2. The molecule has 4 aromatic rings. The van der Waals surface area contributed by atoms with Crippen molar-refractivity contribution in [2.24, 2.45) is 0 Å². The molecule has 0 fully saturated rings. The Morgan fingerprint density at radius 1 is 1.23 bits per heavy atom. The van der Waals surface area contributed by atoms with E-state index in [0.29, 0.717) is 23.4 Å². The van der Waals surface area contributed by atoms with Gasteiger partial charge in [-0.15, -0.1) is 26.6 Å². The van der Waals surface area contributed by atoms with Crippen LogP contribution in [-0.2, 0) is 22.4 Å². The van der Waals surface area contributed by atoms with E-state index in [1.54, 1.807) is 15.9 Å². The number of aryl methyl sites for hydroxylation is 3. The van der Waals surface area contributed by atoms with Crippen molar-refractivity contribution in [3.8, 4) is 0 Å². The van der Waals surface area contributed by atoms with Crippen LogP contribution in [0.4, 0.5) is 0 Å². The summed E-state index contributed by atoms with van der Waals surface area (Å²) in [4.78, 5) is 19.4. The Bertz CT molecular complexity index is 1240. The van der Waals surface area contributed by atoms with E-state index in [-0.39, 0.29) is 11.7 Å². The van der Waals surface area contributed by atoms with Gasteiger partial charge in [0.1, 0.15) is 10.7 Å². The monoisotopic (exact) mass is 444 g/mol. The maximum Gasteiger partial charge on any atom is 0.316 e. The van der Waals surface area contributed by atoms with Gasteiger partial charge >= 0.3 is 5.97 Å². The van der Waals surface area contributed by atoms with Crippen LogP contribution in [-0.4, -0.2) is 47.5 Å². The number of ether oxygens (including phenoxy) is 1. The highest BCUT2D eigenvalue weighted by Gasteiger charge is 2.25. The number of nitrogens with zero attached hydrogens (tertiary/aromatic N) is 6. The van der Waals surface area contributed by atoms with Gasteiger partial charge in [0.25, 0.3) is 5.78 Å². The molecule has 30 heavy (non-hydrogen) atoms. The summed E-state index contributed by atoms with van der Waals surface area (Å²) in [5.74, 6) is 1.35. The summed E-state index contributed by atoms with van der Waals surface area (Å²) in [6.45, 7) is 4.51. The summed E-state index contributed by atoms with van der Waals surface area (Å²) in [5, 5.41) is 15.2. The molecule has 4 heterocycles. The van der Waals surface area contributed by atoms with Crippen LogP contribution in [0, 0.1) is 6.92 Å². The number of rotatable bonds is 7. The number of hydrogen-bond donors (Lipinski definition) is 0. The lowest BCUT2D eigenvalue weighted by atomic mass is 9.97. The maximum absolute atomic E-state index is 12.2. The summed E-state index contributed by atoms with van der Waals surface area (Å²) < 4.78 is 9.17. The van der Waals surface area contributed by atoms with Crippen LogP contribution in [0.15, 0.2) is 5.16 Å². The molecule has 10 heteroatoms. The minimum absolute atomic E-state index is 0.216. The van der Waals surface area contributed by atoms with E-state index in [1.807, 2.05) is 11.3 Å². The quantitative estimate of drug-likeness (QED) is 0.242. The molecule has 0 amide bonds. The molecule has 1 aliphatic carbocycles. The lowest BCUT2D eigenvalue weighted by Gasteiger charge is -2.10. The Balaban J connectivity index is 1.54. The third-order valence-electron chi connectivity index (χ3n) is 5.43. The van der Waals surface area contributed by atoms with Crippen molar-refractivity contribution in [3.63, 3.8) is 0 Å². The van der Waals surface area contributed by atoms with Gasteiger partial charge in [0.2, 0.25) is 0 Å². The molecule has 0 unspecified atom stereocenters. The first kappa shape index (κ1) is 19.7. The number of thioether (sulfide) groups is 1. The fraction of sp³-hybridized carbons (Fsp3) is 0.550. The molecule has 0 aliphatic heterocycles. The van der Waals surface area contributed by atoms with E-state index in [0.717, 1.165) is 48.0 Å². The summed E-state index contributed by atoms with van der Waals surface area (Å²) in [6.07, 6.45) is 7.67. The molecule has 0 aromatic carbocycles. The summed E-state index contributed by atoms with van der Waals surface area (Å²) in [6, 6.07) is 0.